The van der Waals surface area contributed by atoms with Crippen LogP contribution in [0, 0.1) is 5.92 Å². The molecule has 1 aromatic heterocycles. The van der Waals surface area contributed by atoms with Crippen LogP contribution in [0.4, 0.5) is 0 Å². The molecule has 0 aliphatic heterocycles. The molecule has 1 fully saturated rings. The van der Waals surface area contributed by atoms with Crippen molar-refractivity contribution in [2.75, 3.05) is 7.05 Å². The Morgan fingerprint density at radius 2 is 2.13 bits per heavy atom. The number of aliphatic hydroxyl groups is 1. The van der Waals surface area contributed by atoms with Gasteiger partial charge in [0.05, 0.1) is 6.10 Å². The number of nitrogens with one attached hydrogen (secondary N) is 1. The Bertz CT molecular complexity index is 278. The van der Waals surface area contributed by atoms with E-state index in [-0.39, 0.29) is 6.10 Å². The molecular formula is C12H19NOS. The van der Waals surface area contributed by atoms with E-state index in [1.807, 2.05) is 18.4 Å². The highest BCUT2D eigenvalue weighted by Crippen LogP contribution is 2.35. The number of rotatable bonds is 3. The molecule has 2 N–H and O–H groups in total. The standard InChI is InChI=1S/C12H19NOS/c1-13-12(11-3-2-8-15-11)9-4-6-10(14)7-5-9/h2-3,8-10,12-14H,4-7H2,1H3. The van der Waals surface area contributed by atoms with Crippen LogP contribution in [0.15, 0.2) is 17.5 Å². The minimum Gasteiger partial charge on any atom is -0.393 e. The molecule has 15 heavy (non-hydrogen) atoms. The van der Waals surface area contributed by atoms with Crippen molar-refractivity contribution in [3.8, 4) is 0 Å². The van der Waals surface area contributed by atoms with Crippen molar-refractivity contribution in [3.05, 3.63) is 22.4 Å². The molecule has 1 aliphatic carbocycles. The number of hydrogen-bond acceptors (Lipinski definition) is 3. The summed E-state index contributed by atoms with van der Waals surface area (Å²) in [6.07, 6.45) is 4.17. The molecule has 1 aliphatic rings. The normalized spacial score (nSPS) is 28.9. The van der Waals surface area contributed by atoms with Gasteiger partial charge in [0.15, 0.2) is 0 Å². The second kappa shape index (κ2) is 5.10. The fourth-order valence-electron chi connectivity index (χ4n) is 2.51. The van der Waals surface area contributed by atoms with Gasteiger partial charge in [-0.1, -0.05) is 6.07 Å². The van der Waals surface area contributed by atoms with E-state index in [1.54, 1.807) is 0 Å². The van der Waals surface area contributed by atoms with Crippen LogP contribution in [-0.4, -0.2) is 18.3 Å². The van der Waals surface area contributed by atoms with Crippen LogP contribution in [0.2, 0.25) is 0 Å². The van der Waals surface area contributed by atoms with Gasteiger partial charge in [-0.3, -0.25) is 0 Å². The fourth-order valence-corrected chi connectivity index (χ4v) is 3.44. The third-order valence-corrected chi connectivity index (χ3v) is 4.33. The first-order valence-corrected chi connectivity index (χ1v) is 6.58. The zero-order valence-corrected chi connectivity index (χ0v) is 9.96. The quantitative estimate of drug-likeness (QED) is 0.828. The SMILES string of the molecule is CNC(c1cccs1)C1CCC(O)CC1. The summed E-state index contributed by atoms with van der Waals surface area (Å²) in [5.41, 5.74) is 0. The highest BCUT2D eigenvalue weighted by atomic mass is 32.1. The van der Waals surface area contributed by atoms with Crippen molar-refractivity contribution in [2.24, 2.45) is 5.92 Å². The van der Waals surface area contributed by atoms with Crippen LogP contribution in [-0.2, 0) is 0 Å². The Morgan fingerprint density at radius 1 is 1.40 bits per heavy atom. The lowest BCUT2D eigenvalue weighted by molar-refractivity contribution is 0.0985. The van der Waals surface area contributed by atoms with Gasteiger partial charge in [0.25, 0.3) is 0 Å². The van der Waals surface area contributed by atoms with Gasteiger partial charge in [-0.25, -0.2) is 0 Å². The van der Waals surface area contributed by atoms with Crippen LogP contribution >= 0.6 is 11.3 Å². The first-order valence-electron chi connectivity index (χ1n) is 5.70. The van der Waals surface area contributed by atoms with Crippen LogP contribution in [0.3, 0.4) is 0 Å². The van der Waals surface area contributed by atoms with Crippen molar-refractivity contribution >= 4 is 11.3 Å². The lowest BCUT2D eigenvalue weighted by atomic mass is 9.82. The second-order valence-electron chi connectivity index (χ2n) is 4.35. The highest BCUT2D eigenvalue weighted by molar-refractivity contribution is 7.10. The molecule has 1 saturated carbocycles. The molecule has 2 rings (SSSR count). The summed E-state index contributed by atoms with van der Waals surface area (Å²) in [5, 5.41) is 15.0. The van der Waals surface area contributed by atoms with Gasteiger partial charge in [0.2, 0.25) is 0 Å². The average molecular weight is 225 g/mol. The third-order valence-electron chi connectivity index (χ3n) is 3.37. The van der Waals surface area contributed by atoms with Crippen LogP contribution in [0.25, 0.3) is 0 Å². The van der Waals surface area contributed by atoms with Crippen molar-refractivity contribution in [1.29, 1.82) is 0 Å². The molecule has 0 amide bonds. The largest absolute Gasteiger partial charge is 0.393 e. The highest BCUT2D eigenvalue weighted by Gasteiger charge is 2.27. The molecular weight excluding hydrogens is 206 g/mol. The lowest BCUT2D eigenvalue weighted by Gasteiger charge is -2.31. The summed E-state index contributed by atoms with van der Waals surface area (Å²) >= 11 is 1.83. The lowest BCUT2D eigenvalue weighted by Crippen LogP contribution is -2.29. The van der Waals surface area contributed by atoms with E-state index < -0.39 is 0 Å². The van der Waals surface area contributed by atoms with E-state index in [2.05, 4.69) is 22.8 Å². The molecule has 0 radical (unpaired) electrons. The summed E-state index contributed by atoms with van der Waals surface area (Å²) in [5.74, 6) is 0.692. The van der Waals surface area contributed by atoms with Crippen molar-refractivity contribution in [3.63, 3.8) is 0 Å². The van der Waals surface area contributed by atoms with Crippen molar-refractivity contribution in [1.82, 2.24) is 5.32 Å². The maximum atomic E-state index is 9.49. The molecule has 0 spiro atoms. The monoisotopic (exact) mass is 225 g/mol. The van der Waals surface area contributed by atoms with E-state index >= 15 is 0 Å². The Kier molecular flexibility index (Phi) is 3.78. The summed E-state index contributed by atoms with van der Waals surface area (Å²) < 4.78 is 0. The molecule has 84 valence electrons. The van der Waals surface area contributed by atoms with Gasteiger partial charge >= 0.3 is 0 Å². The van der Waals surface area contributed by atoms with Gasteiger partial charge < -0.3 is 10.4 Å². The Balaban J connectivity index is 2.01. The molecule has 3 heteroatoms. The molecule has 0 aromatic carbocycles. The van der Waals surface area contributed by atoms with E-state index in [4.69, 9.17) is 0 Å². The van der Waals surface area contributed by atoms with Gasteiger partial charge in [-0.05, 0) is 50.1 Å². The van der Waals surface area contributed by atoms with Crippen molar-refractivity contribution < 1.29 is 5.11 Å². The Morgan fingerprint density at radius 3 is 2.67 bits per heavy atom. The maximum Gasteiger partial charge on any atom is 0.0540 e. The van der Waals surface area contributed by atoms with Crippen LogP contribution in [0.5, 0.6) is 0 Å². The van der Waals surface area contributed by atoms with E-state index in [9.17, 15) is 5.11 Å². The first kappa shape index (κ1) is 11.1. The van der Waals surface area contributed by atoms with E-state index in [0.29, 0.717) is 12.0 Å². The number of hydrogen-bond donors (Lipinski definition) is 2. The summed E-state index contributed by atoms with van der Waals surface area (Å²) in [7, 11) is 2.04. The Hall–Kier alpha value is -0.380. The molecule has 1 unspecified atom stereocenters. The van der Waals surface area contributed by atoms with Gasteiger partial charge in [-0.2, -0.15) is 0 Å². The summed E-state index contributed by atoms with van der Waals surface area (Å²) in [6, 6.07) is 4.80. The second-order valence-corrected chi connectivity index (χ2v) is 5.33. The van der Waals surface area contributed by atoms with Crippen LogP contribution in [0.1, 0.15) is 36.6 Å². The average Bonchev–Trinajstić information content (AvgIpc) is 2.75. The molecule has 2 nitrogen and oxygen atoms in total. The summed E-state index contributed by atoms with van der Waals surface area (Å²) in [4.78, 5) is 1.43. The summed E-state index contributed by atoms with van der Waals surface area (Å²) in [6.45, 7) is 0. The third kappa shape index (κ3) is 2.60. The van der Waals surface area contributed by atoms with Crippen LogP contribution < -0.4 is 5.32 Å². The Labute approximate surface area is 95.3 Å². The topological polar surface area (TPSA) is 32.3 Å². The fraction of sp³-hybridized carbons (Fsp3) is 0.667. The zero-order chi connectivity index (χ0) is 10.7. The predicted molar refractivity (Wildman–Crippen MR) is 64.1 cm³/mol. The van der Waals surface area contributed by atoms with E-state index in [0.717, 1.165) is 25.7 Å². The van der Waals surface area contributed by atoms with E-state index in [1.165, 1.54) is 4.88 Å². The number of thiophene rings is 1. The molecule has 1 heterocycles. The van der Waals surface area contributed by atoms with Gasteiger partial charge in [-0.15, -0.1) is 11.3 Å². The van der Waals surface area contributed by atoms with Crippen molar-refractivity contribution in [2.45, 2.75) is 37.8 Å². The van der Waals surface area contributed by atoms with Gasteiger partial charge in [0.1, 0.15) is 0 Å². The minimum absolute atomic E-state index is 0.0536. The predicted octanol–water partition coefficient (Wildman–Crippen LogP) is 2.56. The molecule has 0 bridgehead atoms. The van der Waals surface area contributed by atoms with Gasteiger partial charge in [0, 0.05) is 10.9 Å². The maximum absolute atomic E-state index is 9.49. The number of aliphatic hydroxyl groups excluding tert-OH is 1. The minimum atomic E-state index is -0.0536. The molecule has 1 aromatic rings. The molecule has 0 saturated heterocycles. The zero-order valence-electron chi connectivity index (χ0n) is 9.15. The first-order chi connectivity index (χ1) is 7.31. The smallest absolute Gasteiger partial charge is 0.0540 e. The molecule has 1 atom stereocenters.